The lowest BCUT2D eigenvalue weighted by Crippen LogP contribution is -2.45. The van der Waals surface area contributed by atoms with Gasteiger partial charge in [0.1, 0.15) is 10.8 Å². The third-order valence-corrected chi connectivity index (χ3v) is 3.93. The third kappa shape index (κ3) is 4.85. The van der Waals surface area contributed by atoms with Gasteiger partial charge >= 0.3 is 6.09 Å². The van der Waals surface area contributed by atoms with Gasteiger partial charge in [-0.25, -0.2) is 9.78 Å². The van der Waals surface area contributed by atoms with Crippen molar-refractivity contribution in [2.24, 2.45) is 0 Å². The summed E-state index contributed by atoms with van der Waals surface area (Å²) in [4.78, 5) is 16.1. The number of nitrogens with one attached hydrogen (secondary N) is 1. The minimum absolute atomic E-state index is 0.000958. The molecule has 2 rings (SSSR count). The lowest BCUT2D eigenvalue weighted by atomic mass is 9.79. The Morgan fingerprint density at radius 1 is 1.41 bits per heavy atom. The average molecular weight is 327 g/mol. The Balaban J connectivity index is 2.10. The highest BCUT2D eigenvalue weighted by Gasteiger charge is 2.33. The molecule has 0 aliphatic heterocycles. The van der Waals surface area contributed by atoms with Crippen molar-refractivity contribution in [1.29, 1.82) is 0 Å². The van der Waals surface area contributed by atoms with Gasteiger partial charge in [-0.15, -0.1) is 0 Å². The Morgan fingerprint density at radius 3 is 2.73 bits per heavy atom. The summed E-state index contributed by atoms with van der Waals surface area (Å²) < 4.78 is 5.32. The van der Waals surface area contributed by atoms with Gasteiger partial charge in [-0.05, 0) is 51.7 Å². The van der Waals surface area contributed by atoms with Crippen molar-refractivity contribution in [3.05, 3.63) is 29.0 Å². The summed E-state index contributed by atoms with van der Waals surface area (Å²) in [5.41, 5.74) is 0.430. The summed E-state index contributed by atoms with van der Waals surface area (Å²) >= 11 is 5.82. The molecular weight excluding hydrogens is 304 g/mol. The van der Waals surface area contributed by atoms with Crippen molar-refractivity contribution in [3.63, 3.8) is 0 Å². The SMILES string of the molecule is CC(C)(C)OC(=O)N[C@@H]1CC[C@H](O)C[C@@H]1c1ccc(Cl)nc1. The number of nitrogens with zero attached hydrogens (tertiary/aromatic N) is 1. The van der Waals surface area contributed by atoms with E-state index in [2.05, 4.69) is 10.3 Å². The van der Waals surface area contributed by atoms with E-state index in [1.165, 1.54) is 0 Å². The summed E-state index contributed by atoms with van der Waals surface area (Å²) in [6.07, 6.45) is 2.86. The topological polar surface area (TPSA) is 71.5 Å². The highest BCUT2D eigenvalue weighted by atomic mass is 35.5. The number of ether oxygens (including phenoxy) is 1. The quantitative estimate of drug-likeness (QED) is 0.818. The fourth-order valence-electron chi connectivity index (χ4n) is 2.76. The van der Waals surface area contributed by atoms with Gasteiger partial charge in [-0.3, -0.25) is 0 Å². The molecule has 1 fully saturated rings. The molecule has 1 amide bonds. The molecule has 1 aromatic heterocycles. The van der Waals surface area contributed by atoms with Crippen LogP contribution >= 0.6 is 11.6 Å². The van der Waals surface area contributed by atoms with E-state index in [4.69, 9.17) is 16.3 Å². The highest BCUT2D eigenvalue weighted by molar-refractivity contribution is 6.29. The van der Waals surface area contributed by atoms with Crippen molar-refractivity contribution in [3.8, 4) is 0 Å². The summed E-state index contributed by atoms with van der Waals surface area (Å²) in [6, 6.07) is 3.53. The zero-order valence-corrected chi connectivity index (χ0v) is 13.9. The Bertz CT molecular complexity index is 513. The van der Waals surface area contributed by atoms with Crippen LogP contribution in [0.3, 0.4) is 0 Å². The van der Waals surface area contributed by atoms with Gasteiger partial charge in [0.15, 0.2) is 0 Å². The molecule has 0 unspecified atom stereocenters. The summed E-state index contributed by atoms with van der Waals surface area (Å²) in [5.74, 6) is 0.000958. The lowest BCUT2D eigenvalue weighted by molar-refractivity contribution is 0.0438. The maximum atomic E-state index is 12.0. The lowest BCUT2D eigenvalue weighted by Gasteiger charge is -2.35. The molecule has 5 nitrogen and oxygen atoms in total. The minimum Gasteiger partial charge on any atom is -0.444 e. The van der Waals surface area contributed by atoms with Crippen LogP contribution in [-0.4, -0.2) is 33.9 Å². The van der Waals surface area contributed by atoms with Gasteiger partial charge in [-0.2, -0.15) is 0 Å². The molecule has 2 N–H and O–H groups in total. The van der Waals surface area contributed by atoms with Crippen LogP contribution in [0.5, 0.6) is 0 Å². The average Bonchev–Trinajstić information content (AvgIpc) is 2.40. The minimum atomic E-state index is -0.532. The normalized spacial score (nSPS) is 25.6. The third-order valence-electron chi connectivity index (χ3n) is 3.70. The van der Waals surface area contributed by atoms with Crippen molar-refractivity contribution < 1.29 is 14.6 Å². The van der Waals surface area contributed by atoms with Crippen molar-refractivity contribution >= 4 is 17.7 Å². The first-order valence-corrected chi connectivity index (χ1v) is 7.91. The van der Waals surface area contributed by atoms with Gasteiger partial charge in [0.2, 0.25) is 0 Å². The van der Waals surface area contributed by atoms with Crippen LogP contribution in [0.15, 0.2) is 18.3 Å². The van der Waals surface area contributed by atoms with E-state index >= 15 is 0 Å². The second kappa shape index (κ2) is 6.84. The maximum Gasteiger partial charge on any atom is 0.407 e. The summed E-state index contributed by atoms with van der Waals surface area (Å²) in [6.45, 7) is 5.49. The number of carbonyl (C=O) groups excluding carboxylic acids is 1. The van der Waals surface area contributed by atoms with Gasteiger partial charge in [-0.1, -0.05) is 17.7 Å². The molecule has 0 radical (unpaired) electrons. The number of carbonyl (C=O) groups is 1. The predicted octanol–water partition coefficient (Wildman–Crippen LogP) is 3.26. The molecule has 1 aliphatic rings. The number of halogens is 1. The van der Waals surface area contributed by atoms with Crippen LogP contribution in [-0.2, 0) is 4.74 Å². The van der Waals surface area contributed by atoms with Crippen molar-refractivity contribution in [2.75, 3.05) is 0 Å². The second-order valence-electron chi connectivity index (χ2n) is 6.74. The molecule has 0 aromatic carbocycles. The molecule has 22 heavy (non-hydrogen) atoms. The fourth-order valence-corrected chi connectivity index (χ4v) is 2.87. The molecule has 0 spiro atoms. The summed E-state index contributed by atoms with van der Waals surface area (Å²) in [7, 11) is 0. The molecule has 3 atom stereocenters. The molecular formula is C16H23ClN2O3. The zero-order chi connectivity index (χ0) is 16.3. The van der Waals surface area contributed by atoms with Crippen LogP contribution < -0.4 is 5.32 Å². The van der Waals surface area contributed by atoms with Gasteiger partial charge in [0, 0.05) is 18.2 Å². The number of amides is 1. The largest absolute Gasteiger partial charge is 0.444 e. The van der Waals surface area contributed by atoms with Crippen molar-refractivity contribution in [2.45, 2.75) is 63.7 Å². The number of hydrogen-bond acceptors (Lipinski definition) is 4. The Labute approximate surface area is 136 Å². The molecule has 0 bridgehead atoms. The van der Waals surface area contributed by atoms with E-state index in [1.807, 2.05) is 26.8 Å². The number of aliphatic hydroxyl groups is 1. The smallest absolute Gasteiger partial charge is 0.407 e. The van der Waals surface area contributed by atoms with Gasteiger partial charge < -0.3 is 15.2 Å². The second-order valence-corrected chi connectivity index (χ2v) is 7.13. The van der Waals surface area contributed by atoms with E-state index in [9.17, 15) is 9.90 Å². The first-order valence-electron chi connectivity index (χ1n) is 7.53. The number of alkyl carbamates (subject to hydrolysis) is 1. The molecule has 1 aromatic rings. The molecule has 0 saturated heterocycles. The molecule has 6 heteroatoms. The van der Waals surface area contributed by atoms with E-state index in [-0.39, 0.29) is 18.1 Å². The van der Waals surface area contributed by atoms with Gasteiger partial charge in [0.25, 0.3) is 0 Å². The predicted molar refractivity (Wildman–Crippen MR) is 85.0 cm³/mol. The molecule has 122 valence electrons. The van der Waals surface area contributed by atoms with Crippen molar-refractivity contribution in [1.82, 2.24) is 10.3 Å². The number of rotatable bonds is 2. The van der Waals surface area contributed by atoms with Crippen LogP contribution in [0.2, 0.25) is 5.15 Å². The Kier molecular flexibility index (Phi) is 5.29. The fraction of sp³-hybridized carbons (Fsp3) is 0.625. The molecule has 1 saturated carbocycles. The molecule has 1 heterocycles. The zero-order valence-electron chi connectivity index (χ0n) is 13.2. The summed E-state index contributed by atoms with van der Waals surface area (Å²) in [5, 5.41) is 13.3. The van der Waals surface area contributed by atoms with Crippen LogP contribution in [0, 0.1) is 0 Å². The van der Waals surface area contributed by atoms with E-state index in [0.29, 0.717) is 24.4 Å². The van der Waals surface area contributed by atoms with Crippen LogP contribution in [0.1, 0.15) is 51.5 Å². The first-order chi connectivity index (χ1) is 10.2. The Hall–Kier alpha value is -1.33. The first kappa shape index (κ1) is 17.0. The number of aromatic nitrogens is 1. The Morgan fingerprint density at radius 2 is 2.14 bits per heavy atom. The van der Waals surface area contributed by atoms with E-state index < -0.39 is 11.7 Å². The van der Waals surface area contributed by atoms with E-state index in [0.717, 1.165) is 5.56 Å². The van der Waals surface area contributed by atoms with Crippen LogP contribution in [0.25, 0.3) is 0 Å². The molecule has 1 aliphatic carbocycles. The van der Waals surface area contributed by atoms with Gasteiger partial charge in [0.05, 0.1) is 6.10 Å². The number of pyridine rings is 1. The van der Waals surface area contributed by atoms with Crippen LogP contribution in [0.4, 0.5) is 4.79 Å². The highest BCUT2D eigenvalue weighted by Crippen LogP contribution is 2.33. The number of aliphatic hydroxyl groups excluding tert-OH is 1. The maximum absolute atomic E-state index is 12.0. The monoisotopic (exact) mass is 326 g/mol. The number of hydrogen-bond donors (Lipinski definition) is 2. The van der Waals surface area contributed by atoms with E-state index in [1.54, 1.807) is 12.3 Å². The standard InChI is InChI=1S/C16H23ClN2O3/c1-16(2,3)22-15(21)19-13-6-5-11(20)8-12(13)10-4-7-14(17)18-9-10/h4,7,9,11-13,20H,5-6,8H2,1-3H3,(H,19,21)/t11-,12+,13+/m0/s1.